The molecule has 1 aliphatic heterocycles. The molecule has 0 atom stereocenters. The van der Waals surface area contributed by atoms with Gasteiger partial charge in [-0.1, -0.05) is 12.1 Å². The summed E-state index contributed by atoms with van der Waals surface area (Å²) in [6, 6.07) is 12.1. The molecule has 0 bridgehead atoms. The predicted octanol–water partition coefficient (Wildman–Crippen LogP) is 2.61. The van der Waals surface area contributed by atoms with Gasteiger partial charge in [0.25, 0.3) is 5.91 Å². The first-order chi connectivity index (χ1) is 9.28. The number of anilines is 2. The Kier molecular flexibility index (Phi) is 2.64. The second-order valence-electron chi connectivity index (χ2n) is 4.03. The normalized spacial score (nSPS) is 12.3. The minimum Gasteiger partial charge on any atom is -0.454 e. The van der Waals surface area contributed by atoms with Crippen LogP contribution in [0.3, 0.4) is 0 Å². The van der Waals surface area contributed by atoms with Crippen LogP contribution in [0.2, 0.25) is 0 Å². The van der Waals surface area contributed by atoms with E-state index in [4.69, 9.17) is 4.74 Å². The van der Waals surface area contributed by atoms with E-state index in [1.54, 1.807) is 30.3 Å². The molecule has 1 aliphatic rings. The summed E-state index contributed by atoms with van der Waals surface area (Å²) < 4.78 is 5.71. The average molecular weight is 254 g/mol. The molecule has 19 heavy (non-hydrogen) atoms. The molecule has 0 unspecified atom stereocenters. The fourth-order valence-corrected chi connectivity index (χ4v) is 1.92. The van der Waals surface area contributed by atoms with E-state index in [9.17, 15) is 9.59 Å². The third kappa shape index (κ3) is 2.01. The van der Waals surface area contributed by atoms with Crippen molar-refractivity contribution in [2.45, 2.75) is 0 Å². The van der Waals surface area contributed by atoms with Crippen molar-refractivity contribution in [3.63, 3.8) is 0 Å². The van der Waals surface area contributed by atoms with E-state index in [0.717, 1.165) is 0 Å². The first-order valence-corrected chi connectivity index (χ1v) is 5.70. The maximum atomic E-state index is 12.1. The Morgan fingerprint density at radius 1 is 1.11 bits per heavy atom. The second-order valence-corrected chi connectivity index (χ2v) is 4.03. The number of rotatable bonds is 2. The van der Waals surface area contributed by atoms with Crippen LogP contribution in [-0.2, 0) is 4.79 Å². The Morgan fingerprint density at radius 3 is 2.79 bits per heavy atom. The van der Waals surface area contributed by atoms with Gasteiger partial charge < -0.3 is 15.4 Å². The Labute approximate surface area is 109 Å². The van der Waals surface area contributed by atoms with Crippen LogP contribution >= 0.6 is 0 Å². The van der Waals surface area contributed by atoms with Crippen molar-refractivity contribution in [2.75, 3.05) is 10.6 Å². The zero-order valence-corrected chi connectivity index (χ0v) is 9.84. The van der Waals surface area contributed by atoms with Gasteiger partial charge in [0.1, 0.15) is 5.75 Å². The van der Waals surface area contributed by atoms with Gasteiger partial charge in [0, 0.05) is 5.69 Å². The van der Waals surface area contributed by atoms with Crippen molar-refractivity contribution in [1.29, 1.82) is 0 Å². The van der Waals surface area contributed by atoms with Crippen LogP contribution in [-0.4, -0.2) is 12.3 Å². The summed E-state index contributed by atoms with van der Waals surface area (Å²) in [5, 5.41) is 5.27. The molecule has 5 heteroatoms. The van der Waals surface area contributed by atoms with Crippen LogP contribution in [0.25, 0.3) is 0 Å². The fraction of sp³-hybridized carbons (Fsp3) is 0. The SMILES string of the molecule is O=CNc1ccc2c(c1)C(=O)Nc1ccccc1O2. The van der Waals surface area contributed by atoms with Crippen molar-refractivity contribution in [2.24, 2.45) is 0 Å². The van der Waals surface area contributed by atoms with Crippen LogP contribution in [0.4, 0.5) is 11.4 Å². The van der Waals surface area contributed by atoms with Gasteiger partial charge in [0.15, 0.2) is 5.75 Å². The lowest BCUT2D eigenvalue weighted by atomic mass is 10.1. The monoisotopic (exact) mass is 254 g/mol. The molecular weight excluding hydrogens is 244 g/mol. The molecule has 0 spiro atoms. The molecule has 5 nitrogen and oxygen atoms in total. The maximum absolute atomic E-state index is 12.1. The zero-order chi connectivity index (χ0) is 13.2. The number of para-hydroxylation sites is 2. The molecule has 0 aromatic heterocycles. The number of ether oxygens (including phenoxy) is 1. The number of hydrogen-bond donors (Lipinski definition) is 2. The smallest absolute Gasteiger partial charge is 0.259 e. The molecule has 94 valence electrons. The number of carbonyl (C=O) groups excluding carboxylic acids is 2. The van der Waals surface area contributed by atoms with E-state index >= 15 is 0 Å². The standard InChI is InChI=1S/C14H10N2O3/c17-8-15-9-5-6-12-10(7-9)14(18)16-11-3-1-2-4-13(11)19-12/h1-8H,(H,15,17)(H,16,18). The van der Waals surface area contributed by atoms with E-state index < -0.39 is 0 Å². The van der Waals surface area contributed by atoms with Crippen molar-refractivity contribution >= 4 is 23.7 Å². The molecule has 2 aromatic carbocycles. The third-order valence-electron chi connectivity index (χ3n) is 2.80. The zero-order valence-electron chi connectivity index (χ0n) is 9.84. The summed E-state index contributed by atoms with van der Waals surface area (Å²) in [6.07, 6.45) is 0.561. The van der Waals surface area contributed by atoms with Crippen molar-refractivity contribution < 1.29 is 14.3 Å². The van der Waals surface area contributed by atoms with Gasteiger partial charge in [-0.3, -0.25) is 9.59 Å². The summed E-state index contributed by atoms with van der Waals surface area (Å²) in [4.78, 5) is 22.5. The predicted molar refractivity (Wildman–Crippen MR) is 70.6 cm³/mol. The van der Waals surface area contributed by atoms with Crippen LogP contribution in [0.1, 0.15) is 10.4 Å². The molecule has 0 saturated heterocycles. The highest BCUT2D eigenvalue weighted by Crippen LogP contribution is 2.36. The largest absolute Gasteiger partial charge is 0.454 e. The van der Waals surface area contributed by atoms with Crippen molar-refractivity contribution in [3.05, 3.63) is 48.0 Å². The van der Waals surface area contributed by atoms with E-state index in [1.807, 2.05) is 12.1 Å². The highest BCUT2D eigenvalue weighted by atomic mass is 16.5. The highest BCUT2D eigenvalue weighted by molar-refractivity contribution is 6.08. The van der Waals surface area contributed by atoms with Gasteiger partial charge in [-0.15, -0.1) is 0 Å². The van der Waals surface area contributed by atoms with Crippen molar-refractivity contribution in [3.8, 4) is 11.5 Å². The van der Waals surface area contributed by atoms with Gasteiger partial charge >= 0.3 is 0 Å². The third-order valence-corrected chi connectivity index (χ3v) is 2.80. The number of amides is 2. The summed E-state index contributed by atoms with van der Waals surface area (Å²) in [7, 11) is 0. The van der Waals surface area contributed by atoms with Gasteiger partial charge in [-0.05, 0) is 30.3 Å². The second kappa shape index (κ2) is 4.45. The van der Waals surface area contributed by atoms with E-state index in [1.165, 1.54) is 0 Å². The fourth-order valence-electron chi connectivity index (χ4n) is 1.92. The van der Waals surface area contributed by atoms with E-state index in [-0.39, 0.29) is 5.91 Å². The number of carbonyl (C=O) groups is 2. The van der Waals surface area contributed by atoms with Crippen LogP contribution in [0, 0.1) is 0 Å². The lowest BCUT2D eigenvalue weighted by molar-refractivity contribution is -0.105. The number of hydrogen-bond acceptors (Lipinski definition) is 3. The summed E-state index contributed by atoms with van der Waals surface area (Å²) in [5.74, 6) is 0.777. The van der Waals surface area contributed by atoms with E-state index in [0.29, 0.717) is 34.8 Å². The Hall–Kier alpha value is -2.82. The number of fused-ring (bicyclic) bond motifs is 2. The molecule has 0 aliphatic carbocycles. The molecule has 0 saturated carbocycles. The summed E-state index contributed by atoms with van der Waals surface area (Å²) in [6.45, 7) is 0. The van der Waals surface area contributed by atoms with Crippen LogP contribution in [0.5, 0.6) is 11.5 Å². The Bertz CT molecular complexity index is 667. The molecule has 0 radical (unpaired) electrons. The van der Waals surface area contributed by atoms with Crippen molar-refractivity contribution in [1.82, 2.24) is 0 Å². The molecule has 0 fully saturated rings. The van der Waals surface area contributed by atoms with E-state index in [2.05, 4.69) is 10.6 Å². The summed E-state index contributed by atoms with van der Waals surface area (Å²) >= 11 is 0. The Balaban J connectivity index is 2.08. The quantitative estimate of drug-likeness (QED) is 0.809. The first-order valence-electron chi connectivity index (χ1n) is 5.70. The first kappa shape index (κ1) is 11.3. The van der Waals surface area contributed by atoms with Gasteiger partial charge in [-0.25, -0.2) is 0 Å². The topological polar surface area (TPSA) is 67.4 Å². The molecule has 2 amide bonds. The van der Waals surface area contributed by atoms with Gasteiger partial charge in [0.2, 0.25) is 6.41 Å². The molecule has 1 heterocycles. The van der Waals surface area contributed by atoms with Gasteiger partial charge in [0.05, 0.1) is 11.3 Å². The minimum absolute atomic E-state index is 0.269. The number of nitrogens with one attached hydrogen (secondary N) is 2. The lowest BCUT2D eigenvalue weighted by Crippen LogP contribution is -2.10. The highest BCUT2D eigenvalue weighted by Gasteiger charge is 2.20. The average Bonchev–Trinajstić information content (AvgIpc) is 2.56. The van der Waals surface area contributed by atoms with Crippen LogP contribution < -0.4 is 15.4 Å². The minimum atomic E-state index is -0.269. The molecule has 2 N–H and O–H groups in total. The molecular formula is C14H10N2O3. The van der Waals surface area contributed by atoms with Gasteiger partial charge in [-0.2, -0.15) is 0 Å². The molecule has 2 aromatic rings. The number of benzene rings is 2. The van der Waals surface area contributed by atoms with Crippen LogP contribution in [0.15, 0.2) is 42.5 Å². The molecule has 3 rings (SSSR count). The Morgan fingerprint density at radius 2 is 1.95 bits per heavy atom. The maximum Gasteiger partial charge on any atom is 0.259 e. The lowest BCUT2D eigenvalue weighted by Gasteiger charge is -2.07. The summed E-state index contributed by atoms with van der Waals surface area (Å²) in [5.41, 5.74) is 1.54.